The van der Waals surface area contributed by atoms with Crippen molar-refractivity contribution >= 4 is 12.4 Å². The molecule has 0 radical (unpaired) electrons. The molecule has 1 aromatic carbocycles. The summed E-state index contributed by atoms with van der Waals surface area (Å²) in [5.41, 5.74) is 1.53. The smallest absolute Gasteiger partial charge is 0.00509 e. The van der Waals surface area contributed by atoms with E-state index in [2.05, 4.69) is 40.5 Å². The summed E-state index contributed by atoms with van der Waals surface area (Å²) in [6.45, 7) is 6.34. The van der Waals surface area contributed by atoms with E-state index in [4.69, 9.17) is 0 Å². The van der Waals surface area contributed by atoms with Gasteiger partial charge in [0.25, 0.3) is 0 Å². The molecule has 2 heterocycles. The highest BCUT2D eigenvalue weighted by Gasteiger charge is 2.26. The molecule has 1 aromatic rings. The topological polar surface area (TPSA) is 15.3 Å². The van der Waals surface area contributed by atoms with Gasteiger partial charge in [-0.25, -0.2) is 0 Å². The summed E-state index contributed by atoms with van der Waals surface area (Å²) in [6.07, 6.45) is 4.08. The molecular weight excluding hydrogens is 256 g/mol. The third-order valence-electron chi connectivity index (χ3n) is 4.52. The number of piperidine rings is 1. The van der Waals surface area contributed by atoms with Crippen molar-refractivity contribution in [3.05, 3.63) is 35.9 Å². The van der Waals surface area contributed by atoms with Crippen molar-refractivity contribution in [1.29, 1.82) is 0 Å². The van der Waals surface area contributed by atoms with E-state index in [1.807, 2.05) is 0 Å². The highest BCUT2D eigenvalue weighted by molar-refractivity contribution is 5.85. The molecule has 0 bridgehead atoms. The van der Waals surface area contributed by atoms with Crippen LogP contribution in [0.25, 0.3) is 0 Å². The highest BCUT2D eigenvalue weighted by atomic mass is 35.5. The molecule has 2 fully saturated rings. The maximum Gasteiger partial charge on any atom is 0.00509 e. The van der Waals surface area contributed by atoms with E-state index < -0.39 is 0 Å². The van der Waals surface area contributed by atoms with Crippen LogP contribution in [-0.4, -0.2) is 37.6 Å². The molecule has 1 unspecified atom stereocenters. The van der Waals surface area contributed by atoms with Crippen molar-refractivity contribution in [2.75, 3.05) is 32.7 Å². The predicted molar refractivity (Wildman–Crippen MR) is 83.1 cm³/mol. The molecule has 2 nitrogen and oxygen atoms in total. The van der Waals surface area contributed by atoms with E-state index in [1.54, 1.807) is 0 Å². The molecule has 0 spiro atoms. The zero-order chi connectivity index (χ0) is 12.2. The largest absolute Gasteiger partial charge is 0.317 e. The SMILES string of the molecule is Cl.c1ccc(C2CCN(CC3CCNCC3)C2)cc1. The maximum atomic E-state index is 3.46. The van der Waals surface area contributed by atoms with Gasteiger partial charge in [0.05, 0.1) is 0 Å². The minimum absolute atomic E-state index is 0. The summed E-state index contributed by atoms with van der Waals surface area (Å²) >= 11 is 0. The monoisotopic (exact) mass is 280 g/mol. The highest BCUT2D eigenvalue weighted by Crippen LogP contribution is 2.28. The zero-order valence-corrected chi connectivity index (χ0v) is 12.4. The van der Waals surface area contributed by atoms with Crippen LogP contribution in [0.1, 0.15) is 30.7 Å². The molecule has 106 valence electrons. The fraction of sp³-hybridized carbons (Fsp3) is 0.625. The van der Waals surface area contributed by atoms with Crippen molar-refractivity contribution < 1.29 is 0 Å². The summed E-state index contributed by atoms with van der Waals surface area (Å²) in [6, 6.07) is 11.0. The summed E-state index contributed by atoms with van der Waals surface area (Å²) in [5.74, 6) is 1.70. The second-order valence-corrected chi connectivity index (χ2v) is 5.85. The molecule has 0 saturated carbocycles. The van der Waals surface area contributed by atoms with Crippen molar-refractivity contribution in [1.82, 2.24) is 10.2 Å². The van der Waals surface area contributed by atoms with Crippen molar-refractivity contribution in [3.63, 3.8) is 0 Å². The Morgan fingerprint density at radius 3 is 2.53 bits per heavy atom. The first-order chi connectivity index (χ1) is 8.92. The lowest BCUT2D eigenvalue weighted by Gasteiger charge is -2.27. The van der Waals surface area contributed by atoms with Crippen molar-refractivity contribution in [2.45, 2.75) is 25.2 Å². The van der Waals surface area contributed by atoms with Crippen LogP contribution in [0.4, 0.5) is 0 Å². The molecule has 1 N–H and O–H groups in total. The fourth-order valence-corrected chi connectivity index (χ4v) is 3.43. The first kappa shape index (κ1) is 14.8. The minimum atomic E-state index is 0. The van der Waals surface area contributed by atoms with Crippen LogP contribution in [0.3, 0.4) is 0 Å². The average Bonchev–Trinajstić information content (AvgIpc) is 2.89. The Kier molecular flexibility index (Phi) is 5.68. The maximum absolute atomic E-state index is 3.46. The first-order valence-corrected chi connectivity index (χ1v) is 7.40. The third-order valence-corrected chi connectivity index (χ3v) is 4.52. The van der Waals surface area contributed by atoms with E-state index in [1.165, 1.54) is 57.5 Å². The zero-order valence-electron chi connectivity index (χ0n) is 11.6. The lowest BCUT2D eigenvalue weighted by molar-refractivity contribution is 0.239. The molecule has 0 aromatic heterocycles. The van der Waals surface area contributed by atoms with E-state index >= 15 is 0 Å². The third kappa shape index (κ3) is 3.95. The molecule has 2 saturated heterocycles. The Morgan fingerprint density at radius 2 is 1.79 bits per heavy atom. The lowest BCUT2D eigenvalue weighted by atomic mass is 9.97. The molecule has 3 heteroatoms. The van der Waals surface area contributed by atoms with Gasteiger partial charge >= 0.3 is 0 Å². The van der Waals surface area contributed by atoms with E-state index in [0.29, 0.717) is 0 Å². The molecule has 3 rings (SSSR count). The average molecular weight is 281 g/mol. The Bertz CT molecular complexity index is 362. The van der Waals surface area contributed by atoms with Gasteiger partial charge < -0.3 is 10.2 Å². The van der Waals surface area contributed by atoms with E-state index in [9.17, 15) is 0 Å². The number of nitrogens with one attached hydrogen (secondary N) is 1. The second-order valence-electron chi connectivity index (χ2n) is 5.85. The Labute approximate surface area is 123 Å². The number of benzene rings is 1. The summed E-state index contributed by atoms with van der Waals surface area (Å²) in [5, 5.41) is 3.46. The van der Waals surface area contributed by atoms with Gasteiger partial charge in [-0.05, 0) is 56.3 Å². The number of nitrogens with zero attached hydrogens (tertiary/aromatic N) is 1. The van der Waals surface area contributed by atoms with Gasteiger partial charge in [0.1, 0.15) is 0 Å². The summed E-state index contributed by atoms with van der Waals surface area (Å²) in [7, 11) is 0. The van der Waals surface area contributed by atoms with Crippen LogP contribution in [-0.2, 0) is 0 Å². The molecular formula is C16H25ClN2. The number of hydrogen-bond donors (Lipinski definition) is 1. The predicted octanol–water partition coefficient (Wildman–Crippen LogP) is 2.90. The van der Waals surface area contributed by atoms with E-state index in [0.717, 1.165) is 11.8 Å². The molecule has 2 aliphatic rings. The number of halogens is 1. The Balaban J connectivity index is 0.00000133. The number of rotatable bonds is 3. The van der Waals surface area contributed by atoms with Crippen LogP contribution in [0.5, 0.6) is 0 Å². The minimum Gasteiger partial charge on any atom is -0.317 e. The van der Waals surface area contributed by atoms with Gasteiger partial charge in [-0.2, -0.15) is 0 Å². The Morgan fingerprint density at radius 1 is 1.05 bits per heavy atom. The van der Waals surface area contributed by atoms with Crippen LogP contribution in [0, 0.1) is 5.92 Å². The molecule has 0 amide bonds. The summed E-state index contributed by atoms with van der Waals surface area (Å²) < 4.78 is 0. The molecule has 1 atom stereocenters. The van der Waals surface area contributed by atoms with Gasteiger partial charge in [0, 0.05) is 13.1 Å². The van der Waals surface area contributed by atoms with Crippen LogP contribution in [0.2, 0.25) is 0 Å². The normalized spacial score (nSPS) is 25.2. The van der Waals surface area contributed by atoms with Gasteiger partial charge in [-0.1, -0.05) is 30.3 Å². The number of hydrogen-bond acceptors (Lipinski definition) is 2. The lowest BCUT2D eigenvalue weighted by Crippen LogP contribution is -2.35. The first-order valence-electron chi connectivity index (χ1n) is 7.40. The fourth-order valence-electron chi connectivity index (χ4n) is 3.43. The van der Waals surface area contributed by atoms with Crippen molar-refractivity contribution in [3.8, 4) is 0 Å². The van der Waals surface area contributed by atoms with Gasteiger partial charge in [-0.15, -0.1) is 12.4 Å². The summed E-state index contributed by atoms with van der Waals surface area (Å²) in [4.78, 5) is 2.69. The van der Waals surface area contributed by atoms with Crippen LogP contribution < -0.4 is 5.32 Å². The molecule has 19 heavy (non-hydrogen) atoms. The van der Waals surface area contributed by atoms with Gasteiger partial charge in [0.2, 0.25) is 0 Å². The number of likely N-dealkylation sites (tertiary alicyclic amines) is 1. The second kappa shape index (κ2) is 7.28. The molecule has 2 aliphatic heterocycles. The van der Waals surface area contributed by atoms with Crippen LogP contribution in [0.15, 0.2) is 30.3 Å². The van der Waals surface area contributed by atoms with Gasteiger partial charge in [-0.3, -0.25) is 0 Å². The quantitative estimate of drug-likeness (QED) is 0.916. The van der Waals surface area contributed by atoms with E-state index in [-0.39, 0.29) is 12.4 Å². The van der Waals surface area contributed by atoms with Crippen LogP contribution >= 0.6 is 12.4 Å². The van der Waals surface area contributed by atoms with Crippen molar-refractivity contribution in [2.24, 2.45) is 5.92 Å². The molecule has 0 aliphatic carbocycles. The Hall–Kier alpha value is -0.570. The van der Waals surface area contributed by atoms with Gasteiger partial charge in [0.15, 0.2) is 0 Å². The standard InChI is InChI=1S/C16H24N2.ClH/c1-2-4-15(5-3-1)16-8-11-18(13-16)12-14-6-9-17-10-7-14;/h1-5,14,16-17H,6-13H2;1H.